The van der Waals surface area contributed by atoms with E-state index in [4.69, 9.17) is 5.73 Å². The second-order valence-electron chi connectivity index (χ2n) is 12.0. The summed E-state index contributed by atoms with van der Waals surface area (Å²) in [6.07, 6.45) is 9.22. The summed E-state index contributed by atoms with van der Waals surface area (Å²) < 4.78 is 0. The molecule has 0 aromatic heterocycles. The molecule has 0 saturated heterocycles. The quantitative estimate of drug-likeness (QED) is 0.190. The lowest BCUT2D eigenvalue weighted by Crippen LogP contribution is -2.51. The van der Waals surface area contributed by atoms with Gasteiger partial charge in [0.05, 0.1) is 0 Å². The van der Waals surface area contributed by atoms with E-state index in [-0.39, 0.29) is 17.4 Å². The van der Waals surface area contributed by atoms with Gasteiger partial charge in [-0.15, -0.1) is 0 Å². The Labute approximate surface area is 256 Å². The number of nitrogens with two attached hydrogens (primary N) is 1. The van der Waals surface area contributed by atoms with E-state index in [2.05, 4.69) is 54.6 Å². The van der Waals surface area contributed by atoms with Gasteiger partial charge in [0.15, 0.2) is 0 Å². The van der Waals surface area contributed by atoms with Gasteiger partial charge in [-0.05, 0) is 72.1 Å². The van der Waals surface area contributed by atoms with Crippen molar-refractivity contribution in [2.45, 2.75) is 56.5 Å². The van der Waals surface area contributed by atoms with Crippen LogP contribution >= 0.6 is 0 Å². The third kappa shape index (κ3) is 8.20. The molecule has 4 aromatic rings. The third-order valence-corrected chi connectivity index (χ3v) is 8.82. The minimum atomic E-state index is -0.639. The van der Waals surface area contributed by atoms with Crippen LogP contribution in [0.3, 0.4) is 0 Å². The molecule has 0 bridgehead atoms. The Kier molecular flexibility index (Phi) is 10.1. The molecule has 222 valence electrons. The number of likely N-dealkylation sites (N-methyl/N-ethyl adjacent to an activating group) is 1. The van der Waals surface area contributed by atoms with E-state index in [0.717, 1.165) is 48.4 Å². The summed E-state index contributed by atoms with van der Waals surface area (Å²) in [4.78, 5) is 31.5. The van der Waals surface area contributed by atoms with Crippen molar-refractivity contribution in [2.24, 2.45) is 5.73 Å². The van der Waals surface area contributed by atoms with Crippen LogP contribution in [0.15, 0.2) is 115 Å². The highest BCUT2D eigenvalue weighted by atomic mass is 16.2. The summed E-state index contributed by atoms with van der Waals surface area (Å²) >= 11 is 0. The van der Waals surface area contributed by atoms with E-state index in [1.165, 1.54) is 11.1 Å². The Balaban J connectivity index is 1.39. The van der Waals surface area contributed by atoms with Crippen molar-refractivity contribution in [3.63, 3.8) is 0 Å². The number of carbonyl (C=O) groups excluding carboxylic acids is 2. The maximum atomic E-state index is 14.5. The molecule has 1 fully saturated rings. The van der Waals surface area contributed by atoms with E-state index in [0.29, 0.717) is 25.9 Å². The molecule has 4 aromatic carbocycles. The second-order valence-corrected chi connectivity index (χ2v) is 12.0. The number of hydrogen-bond donors (Lipinski definition) is 1. The minimum absolute atomic E-state index is 0.0291. The van der Waals surface area contributed by atoms with Crippen molar-refractivity contribution < 1.29 is 9.59 Å². The van der Waals surface area contributed by atoms with Gasteiger partial charge in [0.2, 0.25) is 11.8 Å². The molecule has 0 spiro atoms. The van der Waals surface area contributed by atoms with Crippen molar-refractivity contribution >= 4 is 22.6 Å². The molecule has 1 aliphatic rings. The lowest BCUT2D eigenvalue weighted by Gasteiger charge is -2.37. The molecule has 0 aliphatic heterocycles. The third-order valence-electron chi connectivity index (χ3n) is 8.82. The Morgan fingerprint density at radius 2 is 1.37 bits per heavy atom. The smallest absolute Gasteiger partial charge is 0.246 e. The van der Waals surface area contributed by atoms with E-state index in [1.54, 1.807) is 18.0 Å². The maximum absolute atomic E-state index is 14.5. The van der Waals surface area contributed by atoms with Crippen molar-refractivity contribution in [1.29, 1.82) is 0 Å². The summed E-state index contributed by atoms with van der Waals surface area (Å²) in [6, 6.07) is 34.4. The number of rotatable bonds is 13. The van der Waals surface area contributed by atoms with Gasteiger partial charge in [-0.1, -0.05) is 109 Å². The summed E-state index contributed by atoms with van der Waals surface area (Å²) in [5.74, 6) is -0.202. The predicted molar refractivity (Wildman–Crippen MR) is 176 cm³/mol. The molecule has 5 heteroatoms. The normalized spacial score (nSPS) is 14.7. The number of nitrogens with zero attached hydrogens (tertiary/aromatic N) is 2. The topological polar surface area (TPSA) is 66.6 Å². The number of benzene rings is 4. The van der Waals surface area contributed by atoms with Gasteiger partial charge in [-0.3, -0.25) is 9.59 Å². The largest absolute Gasteiger partial charge is 0.340 e. The molecule has 1 atom stereocenters. The van der Waals surface area contributed by atoms with Gasteiger partial charge in [-0.2, -0.15) is 0 Å². The molecule has 1 saturated carbocycles. The standard InChI is InChI=1S/C38H43N3O2/c1-40(36(42)18-10-23-38(39)24-11-25-38)35(29-32-19-20-33-16-8-9-17-34(33)28-32)37(43)41(26-21-30-12-4-2-5-13-30)27-22-31-14-6-3-7-15-31/h2-10,12-20,28,35H,11,21-27,29,39H2,1H3/t35-/m1/s1. The van der Waals surface area contributed by atoms with Crippen molar-refractivity contribution in [3.8, 4) is 0 Å². The zero-order valence-electron chi connectivity index (χ0n) is 25.2. The fourth-order valence-corrected chi connectivity index (χ4v) is 5.84. The van der Waals surface area contributed by atoms with Gasteiger partial charge < -0.3 is 15.5 Å². The zero-order chi connectivity index (χ0) is 30.1. The Morgan fingerprint density at radius 3 is 1.95 bits per heavy atom. The van der Waals surface area contributed by atoms with Crippen LogP contribution in [0, 0.1) is 0 Å². The highest BCUT2D eigenvalue weighted by molar-refractivity contribution is 5.93. The van der Waals surface area contributed by atoms with Crippen molar-refractivity contribution in [3.05, 3.63) is 132 Å². The van der Waals surface area contributed by atoms with E-state index in [1.807, 2.05) is 59.5 Å². The Morgan fingerprint density at radius 1 is 0.791 bits per heavy atom. The summed E-state index contributed by atoms with van der Waals surface area (Å²) in [5.41, 5.74) is 9.59. The average molecular weight is 574 g/mol. The van der Waals surface area contributed by atoms with Crippen LogP contribution < -0.4 is 5.73 Å². The molecule has 2 amide bonds. The van der Waals surface area contributed by atoms with Crippen molar-refractivity contribution in [2.75, 3.05) is 20.1 Å². The first kappa shape index (κ1) is 30.2. The molecular weight excluding hydrogens is 530 g/mol. The van der Waals surface area contributed by atoms with Crippen LogP contribution in [0.4, 0.5) is 0 Å². The number of hydrogen-bond acceptors (Lipinski definition) is 3. The van der Waals surface area contributed by atoms with Crippen LogP contribution in [0.5, 0.6) is 0 Å². The molecule has 0 unspecified atom stereocenters. The summed E-state index contributed by atoms with van der Waals surface area (Å²) in [5, 5.41) is 2.28. The fourth-order valence-electron chi connectivity index (χ4n) is 5.84. The molecule has 1 aliphatic carbocycles. The molecule has 5 rings (SSSR count). The number of amides is 2. The van der Waals surface area contributed by atoms with Crippen LogP contribution in [-0.2, 0) is 28.9 Å². The van der Waals surface area contributed by atoms with E-state index in [9.17, 15) is 9.59 Å². The maximum Gasteiger partial charge on any atom is 0.246 e. The zero-order valence-corrected chi connectivity index (χ0v) is 25.2. The monoisotopic (exact) mass is 573 g/mol. The predicted octanol–water partition coefficient (Wildman–Crippen LogP) is 6.35. The van der Waals surface area contributed by atoms with Gasteiger partial charge in [-0.25, -0.2) is 0 Å². The van der Waals surface area contributed by atoms with E-state index < -0.39 is 6.04 Å². The first-order valence-electron chi connectivity index (χ1n) is 15.5. The second kappa shape index (κ2) is 14.3. The van der Waals surface area contributed by atoms with Gasteiger partial charge in [0, 0.05) is 32.1 Å². The molecule has 43 heavy (non-hydrogen) atoms. The average Bonchev–Trinajstić information content (AvgIpc) is 3.03. The van der Waals surface area contributed by atoms with Gasteiger partial charge in [0.1, 0.15) is 6.04 Å². The lowest BCUT2D eigenvalue weighted by molar-refractivity contribution is -0.142. The highest BCUT2D eigenvalue weighted by Gasteiger charge is 2.32. The highest BCUT2D eigenvalue weighted by Crippen LogP contribution is 2.32. The summed E-state index contributed by atoms with van der Waals surface area (Å²) in [7, 11) is 1.75. The summed E-state index contributed by atoms with van der Waals surface area (Å²) in [6.45, 7) is 1.16. The Hall–Kier alpha value is -4.22. The Bertz CT molecular complexity index is 1490. The fraction of sp³-hybridized carbons (Fsp3) is 0.316. The number of fused-ring (bicyclic) bond motifs is 1. The molecular formula is C38H43N3O2. The molecule has 0 heterocycles. The van der Waals surface area contributed by atoms with Crippen LogP contribution in [0.1, 0.15) is 42.4 Å². The molecule has 2 N–H and O–H groups in total. The van der Waals surface area contributed by atoms with E-state index >= 15 is 0 Å². The van der Waals surface area contributed by atoms with Gasteiger partial charge >= 0.3 is 0 Å². The first-order chi connectivity index (χ1) is 20.9. The minimum Gasteiger partial charge on any atom is -0.340 e. The molecule has 0 radical (unpaired) electrons. The van der Waals surface area contributed by atoms with Crippen molar-refractivity contribution in [1.82, 2.24) is 9.80 Å². The molecule has 5 nitrogen and oxygen atoms in total. The lowest BCUT2D eigenvalue weighted by atomic mass is 9.75. The van der Waals surface area contributed by atoms with Crippen LogP contribution in [0.2, 0.25) is 0 Å². The van der Waals surface area contributed by atoms with Gasteiger partial charge in [0.25, 0.3) is 0 Å². The SMILES string of the molecule is CN(C(=O)C=CCC1(N)CCC1)[C@H](Cc1ccc2ccccc2c1)C(=O)N(CCc1ccccc1)CCc1ccccc1. The number of carbonyl (C=O) groups is 2. The first-order valence-corrected chi connectivity index (χ1v) is 15.5. The van der Waals surface area contributed by atoms with Crippen LogP contribution in [0.25, 0.3) is 10.8 Å². The van der Waals surface area contributed by atoms with Crippen LogP contribution in [-0.4, -0.2) is 53.3 Å².